The van der Waals surface area contributed by atoms with E-state index in [0.717, 1.165) is 33.9 Å². The predicted octanol–water partition coefficient (Wildman–Crippen LogP) is 8.03. The molecule has 3 aliphatic heterocycles. The van der Waals surface area contributed by atoms with Gasteiger partial charge in [0.2, 0.25) is 0 Å². The topological polar surface area (TPSA) is 117 Å². The summed E-state index contributed by atoms with van der Waals surface area (Å²) in [4.78, 5) is 74.7. The molecule has 0 aromatic heterocycles. The number of para-hydroxylation sites is 2. The number of anilines is 2. The van der Waals surface area contributed by atoms with Gasteiger partial charge in [-0.15, -0.1) is 0 Å². The van der Waals surface area contributed by atoms with Gasteiger partial charge in [0.15, 0.2) is 0 Å². The number of nitrogens with zero attached hydrogens (tertiary/aromatic N) is 4. The highest BCUT2D eigenvalue weighted by Gasteiger charge is 2.47. The number of hydrogen-bond acceptors (Lipinski definition) is 9. The van der Waals surface area contributed by atoms with Gasteiger partial charge in [0.05, 0.1) is 13.2 Å². The van der Waals surface area contributed by atoms with Gasteiger partial charge < -0.3 is 19.3 Å². The van der Waals surface area contributed by atoms with Crippen LogP contribution >= 0.6 is 0 Å². The van der Waals surface area contributed by atoms with E-state index < -0.39 is 42.9 Å². The quantitative estimate of drug-likeness (QED) is 0.134. The molecule has 2 fully saturated rings. The summed E-state index contributed by atoms with van der Waals surface area (Å²) in [6.45, 7) is 19.2. The Morgan fingerprint density at radius 2 is 1.00 bits per heavy atom. The second-order valence-corrected chi connectivity index (χ2v) is 16.6. The summed E-state index contributed by atoms with van der Waals surface area (Å²) in [5, 5.41) is 0. The smallest absolute Gasteiger partial charge is 0.335 e. The summed E-state index contributed by atoms with van der Waals surface area (Å²) in [5.41, 5.74) is 7.59. The van der Waals surface area contributed by atoms with Crippen LogP contribution in [0.5, 0.6) is 0 Å². The number of benzene rings is 2. The third-order valence-electron chi connectivity index (χ3n) is 11.5. The Morgan fingerprint density at radius 1 is 0.621 bits per heavy atom. The van der Waals surface area contributed by atoms with Crippen LogP contribution < -0.4 is 9.80 Å². The van der Waals surface area contributed by atoms with Gasteiger partial charge in [-0.2, -0.15) is 0 Å². The fourth-order valence-corrected chi connectivity index (χ4v) is 8.84. The average Bonchev–Trinajstić information content (AvgIpc) is 3.75. The van der Waals surface area contributed by atoms with E-state index in [2.05, 4.69) is 102 Å². The Hall–Kier alpha value is -5.71. The monoisotopic (exact) mass is 788 g/mol. The van der Waals surface area contributed by atoms with E-state index in [1.54, 1.807) is 13.8 Å². The predicted molar refractivity (Wildman–Crippen MR) is 225 cm³/mol. The number of carbonyl (C=O) groups is 5. The van der Waals surface area contributed by atoms with Gasteiger partial charge in [-0.1, -0.05) is 76.2 Å². The van der Waals surface area contributed by atoms with Crippen molar-refractivity contribution in [3.05, 3.63) is 118 Å². The maximum absolute atomic E-state index is 14.6. The van der Waals surface area contributed by atoms with Gasteiger partial charge in [0, 0.05) is 45.7 Å². The molecule has 306 valence electrons. The number of urea groups is 1. The highest BCUT2D eigenvalue weighted by Crippen LogP contribution is 2.51. The minimum atomic E-state index is -1.09. The molecule has 0 N–H and O–H groups in total. The van der Waals surface area contributed by atoms with Crippen LogP contribution in [-0.4, -0.2) is 78.0 Å². The summed E-state index contributed by atoms with van der Waals surface area (Å²) >= 11 is 0. The SMILES string of the molecule is CCOC(=O)CN1C(=O)C(=C2/C(=C/C=C3/N(C(C)C)c4ccccc4C3(C)C)CC/C2=C\C=C2\N(C(C)C)c3ccccc3C2(C)C)C(=O)N(CC(=O)OCC)C1=O. The molecule has 1 saturated carbocycles. The van der Waals surface area contributed by atoms with E-state index in [4.69, 9.17) is 9.47 Å². The molecule has 3 heterocycles. The largest absolute Gasteiger partial charge is 0.465 e. The fraction of sp³-hybridized carbons (Fsp3) is 0.426. The normalized spacial score (nSPS) is 21.5. The van der Waals surface area contributed by atoms with Crippen LogP contribution in [0.1, 0.15) is 93.2 Å². The lowest BCUT2D eigenvalue weighted by atomic mass is 9.83. The number of fused-ring (bicyclic) bond motifs is 2. The van der Waals surface area contributed by atoms with Crippen molar-refractivity contribution in [1.82, 2.24) is 9.80 Å². The molecule has 0 spiro atoms. The van der Waals surface area contributed by atoms with Crippen LogP contribution in [0.4, 0.5) is 16.2 Å². The summed E-state index contributed by atoms with van der Waals surface area (Å²) in [6.07, 6.45) is 9.09. The van der Waals surface area contributed by atoms with Crippen molar-refractivity contribution in [3.8, 4) is 0 Å². The number of rotatable bonds is 10. The lowest BCUT2D eigenvalue weighted by molar-refractivity contribution is -0.151. The molecule has 11 heteroatoms. The highest BCUT2D eigenvalue weighted by molar-refractivity contribution is 6.30. The minimum absolute atomic E-state index is 0.0266. The Morgan fingerprint density at radius 3 is 1.36 bits per heavy atom. The first-order valence-electron chi connectivity index (χ1n) is 20.3. The molecule has 6 rings (SSSR count). The molecule has 0 bridgehead atoms. The summed E-state index contributed by atoms with van der Waals surface area (Å²) in [7, 11) is 0. The highest BCUT2D eigenvalue weighted by atomic mass is 16.5. The Kier molecular flexibility index (Phi) is 11.8. The van der Waals surface area contributed by atoms with Crippen molar-refractivity contribution in [2.24, 2.45) is 0 Å². The van der Waals surface area contributed by atoms with E-state index in [9.17, 15) is 24.0 Å². The first-order chi connectivity index (χ1) is 27.5. The van der Waals surface area contributed by atoms with E-state index in [1.807, 2.05) is 36.4 Å². The zero-order valence-electron chi connectivity index (χ0n) is 35.5. The van der Waals surface area contributed by atoms with Gasteiger partial charge in [-0.05, 0) is 107 Å². The Labute approximate surface area is 342 Å². The van der Waals surface area contributed by atoms with E-state index in [-0.39, 0.29) is 41.7 Å². The lowest BCUT2D eigenvalue weighted by Crippen LogP contribution is -2.59. The van der Waals surface area contributed by atoms with Crippen molar-refractivity contribution in [2.45, 2.75) is 105 Å². The van der Waals surface area contributed by atoms with Gasteiger partial charge in [-0.25, -0.2) is 14.6 Å². The van der Waals surface area contributed by atoms with Crippen molar-refractivity contribution in [3.63, 3.8) is 0 Å². The lowest BCUT2D eigenvalue weighted by Gasteiger charge is -2.34. The van der Waals surface area contributed by atoms with E-state index in [0.29, 0.717) is 28.2 Å². The second kappa shape index (κ2) is 16.3. The van der Waals surface area contributed by atoms with Gasteiger partial charge in [0.1, 0.15) is 18.7 Å². The standard InChI is InChI=1S/C47H56N4O7/c1-11-57-39(52)27-48-43(54)42(44(55)49(45(48)56)28-40(53)58-12-2)41-31(23-25-37-46(7,8)33-17-13-15-19-35(33)50(37)29(3)4)21-22-32(41)24-26-38-47(9,10)34-18-14-16-20-36(34)51(38)30(5)6/h13-20,23-26,29-30H,11-12,21-22,27-28H2,1-10H3/b31-23+,32-24+,37-25+,38-26+. The molecule has 4 amide bonds. The van der Waals surface area contributed by atoms with Crippen LogP contribution in [-0.2, 0) is 39.5 Å². The van der Waals surface area contributed by atoms with Crippen LogP contribution in [0.25, 0.3) is 0 Å². The molecule has 11 nitrogen and oxygen atoms in total. The molecular weight excluding hydrogens is 733 g/mol. The second-order valence-electron chi connectivity index (χ2n) is 16.6. The minimum Gasteiger partial charge on any atom is -0.465 e. The Bertz CT molecular complexity index is 2050. The van der Waals surface area contributed by atoms with E-state index >= 15 is 0 Å². The Balaban J connectivity index is 1.58. The van der Waals surface area contributed by atoms with Crippen molar-refractivity contribution < 1.29 is 33.4 Å². The summed E-state index contributed by atoms with van der Waals surface area (Å²) in [5.74, 6) is -3.49. The van der Waals surface area contributed by atoms with Gasteiger partial charge in [-0.3, -0.25) is 19.2 Å². The van der Waals surface area contributed by atoms with Crippen LogP contribution in [0.15, 0.2) is 107 Å². The zero-order valence-corrected chi connectivity index (χ0v) is 35.5. The molecule has 0 atom stereocenters. The fourth-order valence-electron chi connectivity index (χ4n) is 8.84. The summed E-state index contributed by atoms with van der Waals surface area (Å²) < 4.78 is 10.2. The van der Waals surface area contributed by atoms with Gasteiger partial charge in [0.25, 0.3) is 11.8 Å². The third kappa shape index (κ3) is 7.31. The van der Waals surface area contributed by atoms with Crippen molar-refractivity contribution >= 4 is 41.2 Å². The molecule has 4 aliphatic rings. The van der Waals surface area contributed by atoms with Crippen LogP contribution in [0.3, 0.4) is 0 Å². The molecule has 0 unspecified atom stereocenters. The molecule has 2 aromatic rings. The van der Waals surface area contributed by atoms with Crippen LogP contribution in [0, 0.1) is 0 Å². The number of amides is 4. The first kappa shape index (κ1) is 41.9. The number of esters is 2. The summed E-state index contributed by atoms with van der Waals surface area (Å²) in [6, 6.07) is 15.9. The van der Waals surface area contributed by atoms with Crippen molar-refractivity contribution in [1.29, 1.82) is 0 Å². The molecule has 58 heavy (non-hydrogen) atoms. The number of allylic oxidation sites excluding steroid dienone is 9. The molecule has 2 aromatic carbocycles. The maximum Gasteiger partial charge on any atom is 0.335 e. The molecule has 0 radical (unpaired) electrons. The van der Waals surface area contributed by atoms with E-state index in [1.165, 1.54) is 11.1 Å². The number of carbonyl (C=O) groups excluding carboxylic acids is 5. The van der Waals surface area contributed by atoms with Gasteiger partial charge >= 0.3 is 18.0 Å². The number of imide groups is 2. The number of ether oxygens (including phenoxy) is 2. The van der Waals surface area contributed by atoms with Crippen molar-refractivity contribution in [2.75, 3.05) is 36.1 Å². The third-order valence-corrected chi connectivity index (χ3v) is 11.5. The number of barbiturate groups is 1. The average molecular weight is 789 g/mol. The molecule has 1 aliphatic carbocycles. The molecular formula is C47H56N4O7. The van der Waals surface area contributed by atoms with Crippen LogP contribution in [0.2, 0.25) is 0 Å². The first-order valence-corrected chi connectivity index (χ1v) is 20.3. The maximum atomic E-state index is 14.6. The zero-order chi connectivity index (χ0) is 42.3. The molecule has 1 saturated heterocycles. The number of hydrogen-bond donors (Lipinski definition) is 0.